The van der Waals surface area contributed by atoms with Gasteiger partial charge in [0.05, 0.1) is 35.6 Å². The third-order valence-corrected chi connectivity index (χ3v) is 6.05. The van der Waals surface area contributed by atoms with E-state index in [1.165, 1.54) is 11.2 Å². The van der Waals surface area contributed by atoms with Crippen LogP contribution in [0.3, 0.4) is 0 Å². The number of carbonyl (C=O) groups is 1. The van der Waals surface area contributed by atoms with E-state index in [1.807, 2.05) is 25.1 Å². The molecule has 0 radical (unpaired) electrons. The lowest BCUT2D eigenvalue weighted by Crippen LogP contribution is -2.39. The van der Waals surface area contributed by atoms with E-state index in [0.29, 0.717) is 24.2 Å². The molecule has 1 aliphatic heterocycles. The topological polar surface area (TPSA) is 100 Å². The van der Waals surface area contributed by atoms with Crippen molar-refractivity contribution in [3.05, 3.63) is 63.3 Å². The van der Waals surface area contributed by atoms with Gasteiger partial charge < -0.3 is 9.88 Å². The molecule has 0 saturated carbocycles. The van der Waals surface area contributed by atoms with Crippen LogP contribution in [0.1, 0.15) is 28.8 Å². The highest BCUT2D eigenvalue weighted by Crippen LogP contribution is 2.15. The number of benzene rings is 1. The SMILES string of the molecule is Cc1cccc(CS(=O)(=O)CCC(=O)N2CCc3nc[nH]c(=O)c3C2)c1. The number of amides is 1. The highest BCUT2D eigenvalue weighted by molar-refractivity contribution is 7.90. The number of nitrogens with zero attached hydrogens (tertiary/aromatic N) is 2. The first-order valence-electron chi connectivity index (χ1n) is 8.43. The molecule has 0 saturated heterocycles. The Kier molecular flexibility index (Phi) is 5.22. The van der Waals surface area contributed by atoms with Crippen molar-refractivity contribution in [2.75, 3.05) is 12.3 Å². The molecular weight excluding hydrogens is 354 g/mol. The lowest BCUT2D eigenvalue weighted by Gasteiger charge is -2.27. The molecule has 3 rings (SSSR count). The fourth-order valence-corrected chi connectivity index (χ4v) is 4.41. The number of aryl methyl sites for hydroxylation is 1. The summed E-state index contributed by atoms with van der Waals surface area (Å²) in [6, 6.07) is 7.33. The average Bonchev–Trinajstić information content (AvgIpc) is 2.59. The second kappa shape index (κ2) is 7.41. The number of fused-ring (bicyclic) bond motifs is 1. The van der Waals surface area contributed by atoms with Gasteiger partial charge >= 0.3 is 0 Å². The van der Waals surface area contributed by atoms with E-state index in [2.05, 4.69) is 9.97 Å². The summed E-state index contributed by atoms with van der Waals surface area (Å²) in [5.41, 5.74) is 2.65. The number of hydrogen-bond acceptors (Lipinski definition) is 5. The van der Waals surface area contributed by atoms with Crippen molar-refractivity contribution >= 4 is 15.7 Å². The standard InChI is InChI=1S/C18H21N3O4S/c1-13-3-2-4-14(9-13)11-26(24,25)8-6-17(22)21-7-5-16-15(10-21)18(23)20-12-19-16/h2-4,9,12H,5-8,10-11H2,1H3,(H,19,20,23). The van der Waals surface area contributed by atoms with Crippen molar-refractivity contribution in [3.8, 4) is 0 Å². The molecule has 2 heterocycles. The monoisotopic (exact) mass is 375 g/mol. The van der Waals surface area contributed by atoms with Crippen molar-refractivity contribution < 1.29 is 13.2 Å². The number of aromatic nitrogens is 2. The molecular formula is C18H21N3O4S. The van der Waals surface area contributed by atoms with Gasteiger partial charge in [0.25, 0.3) is 5.56 Å². The van der Waals surface area contributed by atoms with Crippen LogP contribution >= 0.6 is 0 Å². The van der Waals surface area contributed by atoms with E-state index in [4.69, 9.17) is 0 Å². The van der Waals surface area contributed by atoms with Crippen LogP contribution < -0.4 is 5.56 Å². The highest BCUT2D eigenvalue weighted by Gasteiger charge is 2.24. The molecule has 1 amide bonds. The summed E-state index contributed by atoms with van der Waals surface area (Å²) in [6.07, 6.45) is 1.78. The molecule has 1 aliphatic rings. The first kappa shape index (κ1) is 18.3. The zero-order chi connectivity index (χ0) is 18.7. The van der Waals surface area contributed by atoms with Gasteiger partial charge in [0.2, 0.25) is 5.91 Å². The Morgan fingerprint density at radius 2 is 2.15 bits per heavy atom. The van der Waals surface area contributed by atoms with E-state index < -0.39 is 9.84 Å². The van der Waals surface area contributed by atoms with Gasteiger partial charge in [-0.3, -0.25) is 9.59 Å². The van der Waals surface area contributed by atoms with Gasteiger partial charge in [0.15, 0.2) is 9.84 Å². The molecule has 8 heteroatoms. The predicted octanol–water partition coefficient (Wildman–Crippen LogP) is 0.968. The average molecular weight is 375 g/mol. The Labute approximate surface area is 152 Å². The second-order valence-electron chi connectivity index (χ2n) is 6.55. The zero-order valence-electron chi connectivity index (χ0n) is 14.6. The molecule has 26 heavy (non-hydrogen) atoms. The quantitative estimate of drug-likeness (QED) is 0.839. The summed E-state index contributed by atoms with van der Waals surface area (Å²) in [6.45, 7) is 2.53. The summed E-state index contributed by atoms with van der Waals surface area (Å²) >= 11 is 0. The third-order valence-electron chi connectivity index (χ3n) is 4.45. The van der Waals surface area contributed by atoms with Crippen molar-refractivity contribution in [2.24, 2.45) is 0 Å². The van der Waals surface area contributed by atoms with Gasteiger partial charge in [0.1, 0.15) is 0 Å². The van der Waals surface area contributed by atoms with Crippen LogP contribution in [-0.2, 0) is 33.4 Å². The van der Waals surface area contributed by atoms with E-state index >= 15 is 0 Å². The van der Waals surface area contributed by atoms with E-state index in [9.17, 15) is 18.0 Å². The Morgan fingerprint density at radius 1 is 1.35 bits per heavy atom. The fraction of sp³-hybridized carbons (Fsp3) is 0.389. The highest BCUT2D eigenvalue weighted by atomic mass is 32.2. The molecule has 138 valence electrons. The fourth-order valence-electron chi connectivity index (χ4n) is 3.10. The van der Waals surface area contributed by atoms with E-state index in [1.54, 1.807) is 6.07 Å². The van der Waals surface area contributed by atoms with Crippen molar-refractivity contribution in [1.29, 1.82) is 0 Å². The minimum absolute atomic E-state index is 0.0750. The lowest BCUT2D eigenvalue weighted by atomic mass is 10.1. The summed E-state index contributed by atoms with van der Waals surface area (Å²) < 4.78 is 24.6. The first-order chi connectivity index (χ1) is 12.3. The summed E-state index contributed by atoms with van der Waals surface area (Å²) in [7, 11) is -3.38. The van der Waals surface area contributed by atoms with Gasteiger partial charge in [-0.25, -0.2) is 13.4 Å². The number of carbonyl (C=O) groups excluding carboxylic acids is 1. The largest absolute Gasteiger partial charge is 0.338 e. The third kappa shape index (κ3) is 4.37. The number of hydrogen-bond donors (Lipinski definition) is 1. The molecule has 1 aromatic heterocycles. The number of sulfone groups is 1. The summed E-state index contributed by atoms with van der Waals surface area (Å²) in [5, 5.41) is 0. The Bertz CT molecular complexity index is 982. The number of rotatable bonds is 5. The molecule has 1 N–H and O–H groups in total. The molecule has 7 nitrogen and oxygen atoms in total. The first-order valence-corrected chi connectivity index (χ1v) is 10.3. The van der Waals surface area contributed by atoms with Crippen molar-refractivity contribution in [1.82, 2.24) is 14.9 Å². The van der Waals surface area contributed by atoms with Crippen molar-refractivity contribution in [2.45, 2.75) is 32.1 Å². The Morgan fingerprint density at radius 3 is 2.92 bits per heavy atom. The van der Waals surface area contributed by atoms with Gasteiger partial charge in [0, 0.05) is 19.4 Å². The number of nitrogens with one attached hydrogen (secondary N) is 1. The number of H-pyrrole nitrogens is 1. The number of aromatic amines is 1. The van der Waals surface area contributed by atoms with Crippen LogP contribution in [0.25, 0.3) is 0 Å². The maximum absolute atomic E-state index is 12.4. The minimum Gasteiger partial charge on any atom is -0.338 e. The van der Waals surface area contributed by atoms with E-state index in [-0.39, 0.29) is 35.9 Å². The van der Waals surface area contributed by atoms with Crippen LogP contribution in [0.15, 0.2) is 35.4 Å². The summed E-state index contributed by atoms with van der Waals surface area (Å²) in [5.74, 6) is -0.535. The van der Waals surface area contributed by atoms with Crippen LogP contribution in [0.2, 0.25) is 0 Å². The van der Waals surface area contributed by atoms with Crippen molar-refractivity contribution in [3.63, 3.8) is 0 Å². The van der Waals surface area contributed by atoms with Gasteiger partial charge in [-0.2, -0.15) is 0 Å². The van der Waals surface area contributed by atoms with Crippen LogP contribution in [0.5, 0.6) is 0 Å². The molecule has 0 atom stereocenters. The van der Waals surface area contributed by atoms with E-state index in [0.717, 1.165) is 11.1 Å². The van der Waals surface area contributed by atoms with Gasteiger partial charge in [-0.1, -0.05) is 29.8 Å². The Hall–Kier alpha value is -2.48. The maximum Gasteiger partial charge on any atom is 0.255 e. The van der Waals surface area contributed by atoms with Crippen LogP contribution in [0.4, 0.5) is 0 Å². The molecule has 2 aromatic rings. The molecule has 0 bridgehead atoms. The summed E-state index contributed by atoms with van der Waals surface area (Å²) in [4.78, 5) is 32.4. The molecule has 0 aliphatic carbocycles. The zero-order valence-corrected chi connectivity index (χ0v) is 15.4. The van der Waals surface area contributed by atoms with Gasteiger partial charge in [-0.05, 0) is 12.5 Å². The minimum atomic E-state index is -3.38. The molecule has 0 fully saturated rings. The Balaban J connectivity index is 1.60. The molecule has 1 aromatic carbocycles. The second-order valence-corrected chi connectivity index (χ2v) is 8.74. The molecule has 0 spiro atoms. The van der Waals surface area contributed by atoms with Gasteiger partial charge in [-0.15, -0.1) is 0 Å². The molecule has 0 unspecified atom stereocenters. The lowest BCUT2D eigenvalue weighted by molar-refractivity contribution is -0.131. The predicted molar refractivity (Wildman–Crippen MR) is 97.3 cm³/mol. The smallest absolute Gasteiger partial charge is 0.255 e. The maximum atomic E-state index is 12.4. The van der Waals surface area contributed by atoms with Crippen LogP contribution in [0, 0.1) is 6.92 Å². The normalized spacial score (nSPS) is 14.1. The van der Waals surface area contributed by atoms with Crippen LogP contribution in [-0.4, -0.2) is 41.5 Å².